The maximum atomic E-state index is 12.3. The minimum absolute atomic E-state index is 0.0813. The lowest BCUT2D eigenvalue weighted by Crippen LogP contribution is -2.44. The minimum atomic E-state index is -0.172. The van der Waals surface area contributed by atoms with Gasteiger partial charge in [0.2, 0.25) is 0 Å². The van der Waals surface area contributed by atoms with E-state index in [9.17, 15) is 4.79 Å². The van der Waals surface area contributed by atoms with E-state index in [1.165, 1.54) is 12.8 Å². The highest BCUT2D eigenvalue weighted by atomic mass is 16.3. The summed E-state index contributed by atoms with van der Waals surface area (Å²) in [6.45, 7) is 7.18. The van der Waals surface area contributed by atoms with Crippen molar-refractivity contribution in [2.75, 3.05) is 57.8 Å². The second-order valence-corrected chi connectivity index (χ2v) is 8.15. The Balaban J connectivity index is 1.24. The van der Waals surface area contributed by atoms with Crippen LogP contribution in [-0.4, -0.2) is 73.7 Å². The van der Waals surface area contributed by atoms with E-state index in [1.54, 1.807) is 6.26 Å². The highest BCUT2D eigenvalue weighted by Crippen LogP contribution is 2.24. The molecule has 2 saturated heterocycles. The molecule has 2 aliphatic heterocycles. The largest absolute Gasteiger partial charge is 0.468 e. The van der Waals surface area contributed by atoms with Crippen molar-refractivity contribution in [2.24, 2.45) is 0 Å². The number of anilines is 1. The van der Waals surface area contributed by atoms with E-state index in [0.29, 0.717) is 13.1 Å². The molecule has 2 fully saturated rings. The maximum Gasteiger partial charge on any atom is 0.315 e. The summed E-state index contributed by atoms with van der Waals surface area (Å²) in [5.41, 5.74) is 0.991. The quantitative estimate of drug-likeness (QED) is 0.725. The lowest BCUT2D eigenvalue weighted by molar-refractivity contribution is 0.203. The van der Waals surface area contributed by atoms with Crippen LogP contribution < -0.4 is 15.5 Å². The fourth-order valence-corrected chi connectivity index (χ4v) is 4.12. The van der Waals surface area contributed by atoms with Crippen LogP contribution in [0.4, 0.5) is 10.6 Å². The fourth-order valence-electron chi connectivity index (χ4n) is 4.12. The summed E-state index contributed by atoms with van der Waals surface area (Å²) < 4.78 is 5.61. The molecule has 0 spiro atoms. The van der Waals surface area contributed by atoms with Gasteiger partial charge in [0.15, 0.2) is 0 Å². The Morgan fingerprint density at radius 1 is 1.10 bits per heavy atom. The summed E-state index contributed by atoms with van der Waals surface area (Å²) in [5, 5.41) is 5.94. The second kappa shape index (κ2) is 9.95. The van der Waals surface area contributed by atoms with Gasteiger partial charge in [-0.3, -0.25) is 4.90 Å². The highest BCUT2D eigenvalue weighted by Gasteiger charge is 2.25. The Morgan fingerprint density at radius 3 is 2.57 bits per heavy atom. The van der Waals surface area contributed by atoms with Gasteiger partial charge in [-0.2, -0.15) is 0 Å². The monoisotopic (exact) mass is 412 g/mol. The third kappa shape index (κ3) is 5.31. The Labute approximate surface area is 178 Å². The Bertz CT molecular complexity index is 780. The van der Waals surface area contributed by atoms with Crippen LogP contribution in [0.5, 0.6) is 0 Å². The lowest BCUT2D eigenvalue weighted by atomic mass is 10.2. The van der Waals surface area contributed by atoms with Gasteiger partial charge in [-0.05, 0) is 56.7 Å². The van der Waals surface area contributed by atoms with E-state index in [1.807, 2.05) is 30.5 Å². The van der Waals surface area contributed by atoms with Crippen molar-refractivity contribution in [1.29, 1.82) is 0 Å². The van der Waals surface area contributed by atoms with Crippen molar-refractivity contribution in [3.8, 4) is 0 Å². The molecule has 30 heavy (non-hydrogen) atoms. The average molecular weight is 413 g/mol. The number of carbonyl (C=O) groups excluding carboxylic acids is 1. The molecule has 2 aromatic rings. The van der Waals surface area contributed by atoms with E-state index < -0.39 is 0 Å². The predicted molar refractivity (Wildman–Crippen MR) is 116 cm³/mol. The standard InChI is InChI=1S/C22H32N6O2/c1-26-10-12-28(13-11-26)21-7-6-18(15-23-21)16-24-22(29)25-17-19(20-5-4-14-30-20)27-8-2-3-9-27/h4-7,14-15,19H,2-3,8-13,16-17H2,1H3,(H2,24,25,29). The number of likely N-dealkylation sites (N-methyl/N-ethyl adjacent to an activating group) is 1. The molecule has 4 heterocycles. The third-order valence-corrected chi connectivity index (χ3v) is 6.00. The van der Waals surface area contributed by atoms with Gasteiger partial charge in [0, 0.05) is 45.5 Å². The van der Waals surface area contributed by atoms with E-state index in [0.717, 1.165) is 56.4 Å². The molecule has 1 atom stereocenters. The first-order chi connectivity index (χ1) is 14.7. The summed E-state index contributed by atoms with van der Waals surface area (Å²) in [7, 11) is 2.15. The lowest BCUT2D eigenvalue weighted by Gasteiger charge is -2.33. The molecular weight excluding hydrogens is 380 g/mol. The Kier molecular flexibility index (Phi) is 6.86. The first-order valence-corrected chi connectivity index (χ1v) is 10.9. The zero-order valence-electron chi connectivity index (χ0n) is 17.7. The number of aromatic nitrogens is 1. The number of carbonyl (C=O) groups is 1. The SMILES string of the molecule is CN1CCN(c2ccc(CNC(=O)NCC(c3ccco3)N3CCCC3)cn2)CC1. The number of nitrogens with zero attached hydrogens (tertiary/aromatic N) is 4. The molecule has 4 rings (SSSR count). The minimum Gasteiger partial charge on any atom is -0.468 e. The van der Waals surface area contributed by atoms with E-state index in [-0.39, 0.29) is 12.1 Å². The number of piperazine rings is 1. The number of hydrogen-bond donors (Lipinski definition) is 2. The van der Waals surface area contributed by atoms with Gasteiger partial charge in [-0.25, -0.2) is 9.78 Å². The summed E-state index contributed by atoms with van der Waals surface area (Å²) in [5.74, 6) is 1.91. The molecule has 2 amide bonds. The number of pyridine rings is 1. The van der Waals surface area contributed by atoms with E-state index in [2.05, 4.69) is 37.4 Å². The number of urea groups is 1. The van der Waals surface area contributed by atoms with Crippen molar-refractivity contribution < 1.29 is 9.21 Å². The van der Waals surface area contributed by atoms with Crippen molar-refractivity contribution >= 4 is 11.8 Å². The van der Waals surface area contributed by atoms with Crippen molar-refractivity contribution in [1.82, 2.24) is 25.4 Å². The normalized spacial score (nSPS) is 19.0. The smallest absolute Gasteiger partial charge is 0.315 e. The van der Waals surface area contributed by atoms with Crippen LogP contribution in [0, 0.1) is 0 Å². The molecule has 8 nitrogen and oxygen atoms in total. The molecule has 2 aromatic heterocycles. The summed E-state index contributed by atoms with van der Waals surface area (Å²) in [4.78, 5) is 23.9. The Morgan fingerprint density at radius 2 is 1.90 bits per heavy atom. The second-order valence-electron chi connectivity index (χ2n) is 8.15. The molecule has 2 N–H and O–H groups in total. The van der Waals surface area contributed by atoms with Gasteiger partial charge < -0.3 is 24.9 Å². The third-order valence-electron chi connectivity index (χ3n) is 6.00. The number of furan rings is 1. The molecule has 0 aromatic carbocycles. The van der Waals surface area contributed by atoms with Crippen LogP contribution in [0.2, 0.25) is 0 Å². The van der Waals surface area contributed by atoms with Gasteiger partial charge in [0.25, 0.3) is 0 Å². The van der Waals surface area contributed by atoms with Crippen LogP contribution in [0.25, 0.3) is 0 Å². The number of nitrogens with one attached hydrogen (secondary N) is 2. The zero-order valence-corrected chi connectivity index (χ0v) is 17.7. The number of rotatable bonds is 7. The van der Waals surface area contributed by atoms with Crippen LogP contribution in [-0.2, 0) is 6.54 Å². The molecule has 162 valence electrons. The maximum absolute atomic E-state index is 12.3. The topological polar surface area (TPSA) is 76.9 Å². The highest BCUT2D eigenvalue weighted by molar-refractivity contribution is 5.73. The van der Waals surface area contributed by atoms with Crippen molar-refractivity contribution in [3.05, 3.63) is 48.0 Å². The van der Waals surface area contributed by atoms with Crippen molar-refractivity contribution in [3.63, 3.8) is 0 Å². The van der Waals surface area contributed by atoms with Crippen LogP contribution >= 0.6 is 0 Å². The first-order valence-electron chi connectivity index (χ1n) is 10.9. The molecule has 0 saturated carbocycles. The Hall–Kier alpha value is -2.58. The molecule has 0 aliphatic carbocycles. The van der Waals surface area contributed by atoms with Gasteiger partial charge in [0.05, 0.1) is 12.3 Å². The van der Waals surface area contributed by atoms with Crippen LogP contribution in [0.1, 0.15) is 30.2 Å². The first kappa shape index (κ1) is 20.7. The predicted octanol–water partition coefficient (Wildman–Crippen LogP) is 2.06. The zero-order chi connectivity index (χ0) is 20.8. The molecular formula is C22H32N6O2. The molecule has 0 bridgehead atoms. The van der Waals surface area contributed by atoms with Crippen molar-refractivity contribution in [2.45, 2.75) is 25.4 Å². The van der Waals surface area contributed by atoms with Gasteiger partial charge in [-0.15, -0.1) is 0 Å². The number of likely N-dealkylation sites (tertiary alicyclic amines) is 1. The van der Waals surface area contributed by atoms with Crippen LogP contribution in [0.15, 0.2) is 41.1 Å². The van der Waals surface area contributed by atoms with E-state index >= 15 is 0 Å². The fraction of sp³-hybridized carbons (Fsp3) is 0.545. The van der Waals surface area contributed by atoms with E-state index in [4.69, 9.17) is 4.42 Å². The number of amides is 2. The van der Waals surface area contributed by atoms with Crippen LogP contribution in [0.3, 0.4) is 0 Å². The molecule has 8 heteroatoms. The average Bonchev–Trinajstić information content (AvgIpc) is 3.49. The molecule has 0 radical (unpaired) electrons. The van der Waals surface area contributed by atoms with Gasteiger partial charge in [-0.1, -0.05) is 6.07 Å². The summed E-state index contributed by atoms with van der Waals surface area (Å²) in [6, 6.07) is 7.87. The summed E-state index contributed by atoms with van der Waals surface area (Å²) in [6.07, 6.45) is 5.93. The van der Waals surface area contributed by atoms with Gasteiger partial charge >= 0.3 is 6.03 Å². The van der Waals surface area contributed by atoms with Gasteiger partial charge in [0.1, 0.15) is 11.6 Å². The molecule has 2 aliphatic rings. The number of hydrogen-bond acceptors (Lipinski definition) is 6. The summed E-state index contributed by atoms with van der Waals surface area (Å²) >= 11 is 0. The molecule has 1 unspecified atom stereocenters.